The zero-order valence-corrected chi connectivity index (χ0v) is 23.7. The number of furan rings is 1. The van der Waals surface area contributed by atoms with Crippen LogP contribution >= 0.6 is 0 Å². The number of hydrogen-bond acceptors (Lipinski definition) is 5. The van der Waals surface area contributed by atoms with Gasteiger partial charge in [0.1, 0.15) is 0 Å². The first kappa shape index (κ1) is 28.3. The third-order valence-electron chi connectivity index (χ3n) is 5.38. The fraction of sp³-hybridized carbons (Fsp3) is 0.400. The van der Waals surface area contributed by atoms with Gasteiger partial charge in [-0.05, 0) is 52.2 Å². The van der Waals surface area contributed by atoms with Crippen LogP contribution in [0.3, 0.4) is 0 Å². The Bertz CT molecular complexity index is 1390. The van der Waals surface area contributed by atoms with Crippen LogP contribution in [0.25, 0.3) is 17.0 Å². The van der Waals surface area contributed by atoms with Crippen LogP contribution in [0.1, 0.15) is 48.9 Å². The van der Waals surface area contributed by atoms with Gasteiger partial charge in [0.25, 0.3) is 5.69 Å². The van der Waals surface area contributed by atoms with Crippen molar-refractivity contribution in [3.8, 4) is 17.0 Å². The molecular weight excluding hydrogens is 538 g/mol. The van der Waals surface area contributed by atoms with E-state index in [2.05, 4.69) is 0 Å². The summed E-state index contributed by atoms with van der Waals surface area (Å²) in [5, 5.41) is -0.463. The maximum atomic E-state index is 13.5. The van der Waals surface area contributed by atoms with Crippen molar-refractivity contribution in [3.05, 3.63) is 58.9 Å². The van der Waals surface area contributed by atoms with Crippen LogP contribution in [0.5, 0.6) is 0 Å². The fourth-order valence-corrected chi connectivity index (χ4v) is 7.73. The lowest BCUT2D eigenvalue weighted by molar-refractivity contribution is -0.598. The van der Waals surface area contributed by atoms with Crippen molar-refractivity contribution in [2.45, 2.75) is 64.4 Å². The van der Waals surface area contributed by atoms with Crippen molar-refractivity contribution in [1.82, 2.24) is 0 Å². The summed E-state index contributed by atoms with van der Waals surface area (Å²) in [6.45, 7) is 11.2. The first-order valence-electron chi connectivity index (χ1n) is 11.1. The smallest absolute Gasteiger partial charge is 0.277 e. The molecule has 0 radical (unpaired) electrons. The van der Waals surface area contributed by atoms with Crippen LogP contribution in [-0.2, 0) is 19.7 Å². The van der Waals surface area contributed by atoms with Crippen LogP contribution in [0.15, 0.2) is 51.1 Å². The van der Waals surface area contributed by atoms with E-state index in [-0.39, 0.29) is 44.8 Å². The zero-order valence-electron chi connectivity index (χ0n) is 20.5. The number of benzene rings is 1. The van der Waals surface area contributed by atoms with Crippen LogP contribution in [0.4, 0.5) is 0 Å². The van der Waals surface area contributed by atoms with E-state index in [0.29, 0.717) is 18.4 Å². The summed E-state index contributed by atoms with van der Waals surface area (Å²) in [7, 11) is -7.91. The maximum absolute atomic E-state index is 13.5. The monoisotopic (exact) mass is 569 g/mol. The number of hydrogen-bond donors (Lipinski definition) is 0. The molecule has 186 valence electrons. The molecule has 0 aliphatic carbocycles. The average molecular weight is 571 g/mol. The van der Waals surface area contributed by atoms with Crippen LogP contribution in [0, 0.1) is 27.7 Å². The molecule has 2 aromatic heterocycles. The number of nitrogens with zero attached hydrogens (tertiary/aromatic N) is 1. The molecule has 0 spiro atoms. The molecule has 3 aromatic rings. The molecule has 0 saturated heterocycles. The van der Waals surface area contributed by atoms with Crippen molar-refractivity contribution in [2.75, 3.05) is 11.5 Å². The molecule has 0 amide bonds. The van der Waals surface area contributed by atoms with Crippen molar-refractivity contribution < 1.29 is 42.8 Å². The van der Waals surface area contributed by atoms with Gasteiger partial charge in [-0.25, -0.2) is 16.8 Å². The normalized spacial score (nSPS) is 11.9. The van der Waals surface area contributed by atoms with Crippen molar-refractivity contribution >= 4 is 19.7 Å². The number of halogens is 1. The van der Waals surface area contributed by atoms with Gasteiger partial charge >= 0.3 is 0 Å². The van der Waals surface area contributed by atoms with Crippen molar-refractivity contribution in [2.24, 2.45) is 0 Å². The molecule has 0 unspecified atom stereocenters. The van der Waals surface area contributed by atoms with E-state index in [1.807, 2.05) is 52.0 Å². The SMILES string of the molecule is CCCS(=O)(=O)c1oc(-c2ccc(C)cc2C)c(-[n+]2cc(C)cc(C)c2)c1S(=O)(=O)CCC.[Br-]. The number of pyridine rings is 1. The minimum absolute atomic E-state index is 0. The van der Waals surface area contributed by atoms with E-state index in [0.717, 1.165) is 22.3 Å². The number of sulfone groups is 2. The highest BCUT2D eigenvalue weighted by atomic mass is 79.9. The molecule has 1 aromatic carbocycles. The van der Waals surface area contributed by atoms with Gasteiger partial charge in [0.05, 0.1) is 11.5 Å². The quantitative estimate of drug-likeness (QED) is 0.386. The van der Waals surface area contributed by atoms with E-state index in [1.165, 1.54) is 0 Å². The standard InChI is InChI=1S/C25H32NO5S2.BrH/c1-7-11-32(27,28)24-22(26-15-18(4)13-19(5)16-26)23(21-10-9-17(3)14-20(21)6)31-25(24)33(29,30)12-8-2;/h9-10,13-16H,7-8,11-12H2,1-6H3;1H/q+1;/p-1. The Hall–Kier alpha value is -1.97. The minimum atomic E-state index is -3.96. The molecule has 0 fully saturated rings. The van der Waals surface area contributed by atoms with E-state index in [9.17, 15) is 16.8 Å². The van der Waals surface area contributed by atoms with Crippen LogP contribution in [-0.4, -0.2) is 28.3 Å². The molecule has 0 bridgehead atoms. The molecule has 6 nitrogen and oxygen atoms in total. The fourth-order valence-electron chi connectivity index (χ4n) is 4.12. The van der Waals surface area contributed by atoms with Gasteiger partial charge in [-0.3, -0.25) is 0 Å². The third kappa shape index (κ3) is 5.63. The highest BCUT2D eigenvalue weighted by Gasteiger charge is 2.41. The molecule has 2 heterocycles. The molecule has 9 heteroatoms. The predicted molar refractivity (Wildman–Crippen MR) is 129 cm³/mol. The number of rotatable bonds is 8. The Morgan fingerprint density at radius 1 is 0.794 bits per heavy atom. The lowest BCUT2D eigenvalue weighted by Crippen LogP contribution is -3.00. The lowest BCUT2D eigenvalue weighted by atomic mass is 10.0. The Morgan fingerprint density at radius 3 is 1.88 bits per heavy atom. The van der Waals surface area contributed by atoms with Gasteiger partial charge in [-0.1, -0.05) is 37.6 Å². The molecule has 0 saturated carbocycles. The predicted octanol–water partition coefficient (Wildman–Crippen LogP) is 1.83. The van der Waals surface area contributed by atoms with Crippen molar-refractivity contribution in [3.63, 3.8) is 0 Å². The topological polar surface area (TPSA) is 85.3 Å². The zero-order chi connectivity index (χ0) is 24.6. The first-order chi connectivity index (χ1) is 15.4. The second-order valence-electron chi connectivity index (χ2n) is 8.65. The molecule has 3 rings (SSSR count). The molecule has 0 aliphatic rings. The first-order valence-corrected chi connectivity index (χ1v) is 14.4. The Balaban J connectivity index is 0.00000408. The van der Waals surface area contributed by atoms with E-state index >= 15 is 0 Å². The third-order valence-corrected chi connectivity index (χ3v) is 9.25. The van der Waals surface area contributed by atoms with Gasteiger partial charge in [0.2, 0.25) is 20.7 Å². The largest absolute Gasteiger partial charge is 1.00 e. The molecule has 0 aliphatic heterocycles. The second kappa shape index (κ2) is 10.7. The summed E-state index contributed by atoms with van der Waals surface area (Å²) < 4.78 is 61.2. The van der Waals surface area contributed by atoms with Crippen molar-refractivity contribution in [1.29, 1.82) is 0 Å². The minimum Gasteiger partial charge on any atom is -1.00 e. The highest BCUT2D eigenvalue weighted by Crippen LogP contribution is 2.40. The molecular formula is C25H32BrNO5S2. The summed E-state index contributed by atoms with van der Waals surface area (Å²) in [5.41, 5.74) is 4.65. The molecule has 0 atom stereocenters. The van der Waals surface area contributed by atoms with Gasteiger partial charge in [0.15, 0.2) is 27.1 Å². The van der Waals surface area contributed by atoms with Gasteiger partial charge in [-0.15, -0.1) is 0 Å². The van der Waals surface area contributed by atoms with Gasteiger partial charge < -0.3 is 21.4 Å². The van der Waals surface area contributed by atoms with Gasteiger partial charge in [0, 0.05) is 16.7 Å². The summed E-state index contributed by atoms with van der Waals surface area (Å²) in [4.78, 5) is -0.247. The lowest BCUT2D eigenvalue weighted by Gasteiger charge is -2.07. The van der Waals surface area contributed by atoms with E-state index in [4.69, 9.17) is 4.42 Å². The van der Waals surface area contributed by atoms with Crippen LogP contribution in [0.2, 0.25) is 0 Å². The van der Waals surface area contributed by atoms with Gasteiger partial charge in [-0.2, -0.15) is 4.57 Å². The Kier molecular flexibility index (Phi) is 8.93. The van der Waals surface area contributed by atoms with E-state index < -0.39 is 24.8 Å². The van der Waals surface area contributed by atoms with E-state index in [1.54, 1.807) is 30.8 Å². The summed E-state index contributed by atoms with van der Waals surface area (Å²) in [6, 6.07) is 7.69. The Morgan fingerprint density at radius 2 is 1.35 bits per heavy atom. The number of aryl methyl sites for hydroxylation is 4. The van der Waals surface area contributed by atoms with Crippen LogP contribution < -0.4 is 21.5 Å². The number of aromatic nitrogens is 1. The summed E-state index contributed by atoms with van der Waals surface area (Å²) in [5.74, 6) is -0.128. The molecule has 0 N–H and O–H groups in total. The summed E-state index contributed by atoms with van der Waals surface area (Å²) in [6.07, 6.45) is 4.30. The summed E-state index contributed by atoms with van der Waals surface area (Å²) >= 11 is 0. The molecule has 34 heavy (non-hydrogen) atoms. The average Bonchev–Trinajstić information content (AvgIpc) is 3.09. The second-order valence-corrected chi connectivity index (χ2v) is 12.7. The highest BCUT2D eigenvalue weighted by molar-refractivity contribution is 7.94. The maximum Gasteiger partial charge on any atom is 0.277 e. The Labute approximate surface area is 213 Å².